The van der Waals surface area contributed by atoms with Crippen LogP contribution in [0.25, 0.3) is 0 Å². The number of benzene rings is 1. The maximum Gasteiger partial charge on any atom is 0.218 e. The molecule has 1 atom stereocenters. The maximum absolute atomic E-state index is 12.9. The van der Waals surface area contributed by atoms with E-state index >= 15 is 0 Å². The molecule has 1 aromatic rings. The molecule has 1 spiro atoms. The van der Waals surface area contributed by atoms with Gasteiger partial charge < -0.3 is 4.74 Å². The molecule has 3 fully saturated rings. The van der Waals surface area contributed by atoms with Gasteiger partial charge in [0.05, 0.1) is 11.4 Å². The van der Waals surface area contributed by atoms with E-state index < -0.39 is 10.0 Å². The Morgan fingerprint density at radius 3 is 2.33 bits per heavy atom. The van der Waals surface area contributed by atoms with Gasteiger partial charge in [0.1, 0.15) is 0 Å². The second-order valence-electron chi connectivity index (χ2n) is 9.48. The van der Waals surface area contributed by atoms with E-state index in [2.05, 4.69) is 23.6 Å². The molecule has 0 amide bonds. The van der Waals surface area contributed by atoms with Gasteiger partial charge in [-0.05, 0) is 45.1 Å². The number of nitrogens with zero attached hydrogens (tertiary/aromatic N) is 3. The molecule has 3 aliphatic heterocycles. The lowest BCUT2D eigenvalue weighted by Crippen LogP contribution is -2.58. The molecule has 1 aromatic carbocycles. The summed E-state index contributed by atoms with van der Waals surface area (Å²) in [6.45, 7) is 11.1. The molecule has 168 valence electrons. The Morgan fingerprint density at radius 1 is 1.03 bits per heavy atom. The van der Waals surface area contributed by atoms with E-state index in [9.17, 15) is 8.42 Å². The van der Waals surface area contributed by atoms with Crippen molar-refractivity contribution in [2.45, 2.75) is 63.0 Å². The lowest BCUT2D eigenvalue weighted by molar-refractivity contribution is -0.130. The Hall–Kier alpha value is -0.990. The summed E-state index contributed by atoms with van der Waals surface area (Å²) in [7, 11) is -3.28. The van der Waals surface area contributed by atoms with Gasteiger partial charge in [-0.3, -0.25) is 9.80 Å². The van der Waals surface area contributed by atoms with E-state index in [1.54, 1.807) is 4.31 Å². The molecule has 4 rings (SSSR count). The van der Waals surface area contributed by atoms with Crippen LogP contribution in [0.3, 0.4) is 0 Å². The fourth-order valence-electron chi connectivity index (χ4n) is 5.33. The fourth-order valence-corrected chi connectivity index (χ4v) is 6.86. The maximum atomic E-state index is 12.9. The van der Waals surface area contributed by atoms with E-state index in [1.165, 1.54) is 0 Å². The number of ether oxygens (including phenoxy) is 1. The average Bonchev–Trinajstić information content (AvgIpc) is 2.74. The van der Waals surface area contributed by atoms with E-state index in [-0.39, 0.29) is 11.4 Å². The smallest absolute Gasteiger partial charge is 0.218 e. The molecule has 0 aliphatic carbocycles. The highest BCUT2D eigenvalue weighted by Gasteiger charge is 2.44. The highest BCUT2D eigenvalue weighted by molar-refractivity contribution is 7.88. The van der Waals surface area contributed by atoms with Crippen molar-refractivity contribution in [3.05, 3.63) is 35.9 Å². The number of sulfonamides is 1. The van der Waals surface area contributed by atoms with Crippen LogP contribution in [0.1, 0.15) is 45.1 Å². The van der Waals surface area contributed by atoms with Crippen LogP contribution in [-0.2, 0) is 20.5 Å². The minimum Gasteiger partial charge on any atom is -0.375 e. The molecule has 0 saturated carbocycles. The Kier molecular flexibility index (Phi) is 6.85. The normalized spacial score (nSPS) is 27.0. The van der Waals surface area contributed by atoms with Crippen LogP contribution in [-0.4, -0.2) is 86.1 Å². The van der Waals surface area contributed by atoms with Crippen molar-refractivity contribution in [1.82, 2.24) is 14.1 Å². The third-order valence-corrected chi connectivity index (χ3v) is 9.13. The highest BCUT2D eigenvalue weighted by atomic mass is 32.2. The summed E-state index contributed by atoms with van der Waals surface area (Å²) in [6, 6.07) is 10.7. The first kappa shape index (κ1) is 22.2. The SMILES string of the molecule is CC(C)N1CCN([C@H]2CCOC3(CCN(S(=O)(=O)Cc4ccccc4)CC3)C2)CC1. The van der Waals surface area contributed by atoms with Gasteiger partial charge in [-0.25, -0.2) is 12.7 Å². The summed E-state index contributed by atoms with van der Waals surface area (Å²) in [5, 5.41) is 0. The molecule has 3 saturated heterocycles. The molecule has 30 heavy (non-hydrogen) atoms. The van der Waals surface area contributed by atoms with Crippen LogP contribution in [0, 0.1) is 0 Å². The fraction of sp³-hybridized carbons (Fsp3) is 0.739. The second kappa shape index (κ2) is 9.25. The summed E-state index contributed by atoms with van der Waals surface area (Å²) in [6.07, 6.45) is 3.76. The van der Waals surface area contributed by atoms with Gasteiger partial charge in [-0.2, -0.15) is 0 Å². The minimum atomic E-state index is -3.28. The average molecular weight is 436 g/mol. The molecule has 6 nitrogen and oxygen atoms in total. The van der Waals surface area contributed by atoms with Gasteiger partial charge in [-0.15, -0.1) is 0 Å². The summed E-state index contributed by atoms with van der Waals surface area (Å²) >= 11 is 0. The minimum absolute atomic E-state index is 0.0877. The van der Waals surface area contributed by atoms with Crippen LogP contribution in [0.15, 0.2) is 30.3 Å². The van der Waals surface area contributed by atoms with Crippen LogP contribution in [0.5, 0.6) is 0 Å². The Bertz CT molecular complexity index is 783. The Balaban J connectivity index is 1.32. The van der Waals surface area contributed by atoms with Crippen molar-refractivity contribution < 1.29 is 13.2 Å². The van der Waals surface area contributed by atoms with E-state index in [1.807, 2.05) is 30.3 Å². The van der Waals surface area contributed by atoms with Crippen molar-refractivity contribution in [2.75, 3.05) is 45.9 Å². The predicted octanol–water partition coefficient (Wildman–Crippen LogP) is 2.56. The molecule has 0 bridgehead atoms. The van der Waals surface area contributed by atoms with Crippen LogP contribution in [0.4, 0.5) is 0 Å². The van der Waals surface area contributed by atoms with Crippen molar-refractivity contribution >= 4 is 10.0 Å². The van der Waals surface area contributed by atoms with Crippen molar-refractivity contribution in [2.24, 2.45) is 0 Å². The molecule has 3 heterocycles. The summed E-state index contributed by atoms with van der Waals surface area (Å²) < 4.78 is 33.8. The van der Waals surface area contributed by atoms with E-state index in [4.69, 9.17) is 4.74 Å². The summed E-state index contributed by atoms with van der Waals surface area (Å²) in [4.78, 5) is 5.21. The standard InChI is InChI=1S/C23H37N3O3S/c1-20(2)24-13-15-25(16-14-24)22-8-17-29-23(18-22)9-11-26(12-10-23)30(27,28)19-21-6-4-3-5-7-21/h3-7,20,22H,8-19H2,1-2H3/t22-/m0/s1. The van der Waals surface area contributed by atoms with Gasteiger partial charge in [-0.1, -0.05) is 30.3 Å². The van der Waals surface area contributed by atoms with Gasteiger partial charge in [0.25, 0.3) is 0 Å². The lowest BCUT2D eigenvalue weighted by Gasteiger charge is -2.49. The molecular weight excluding hydrogens is 398 g/mol. The monoisotopic (exact) mass is 435 g/mol. The summed E-state index contributed by atoms with van der Waals surface area (Å²) in [5.41, 5.74) is 0.712. The van der Waals surface area contributed by atoms with Crippen LogP contribution >= 0.6 is 0 Å². The van der Waals surface area contributed by atoms with Crippen molar-refractivity contribution in [3.8, 4) is 0 Å². The molecule has 0 radical (unpaired) electrons. The third kappa shape index (κ3) is 5.07. The zero-order chi connectivity index (χ0) is 21.2. The number of hydrogen-bond acceptors (Lipinski definition) is 5. The zero-order valence-corrected chi connectivity index (χ0v) is 19.3. The zero-order valence-electron chi connectivity index (χ0n) is 18.5. The largest absolute Gasteiger partial charge is 0.375 e. The first-order chi connectivity index (χ1) is 14.4. The first-order valence-electron chi connectivity index (χ1n) is 11.5. The molecule has 7 heteroatoms. The number of rotatable bonds is 5. The molecule has 3 aliphatic rings. The quantitative estimate of drug-likeness (QED) is 0.712. The topological polar surface area (TPSA) is 53.1 Å². The van der Waals surface area contributed by atoms with E-state index in [0.29, 0.717) is 25.2 Å². The first-order valence-corrected chi connectivity index (χ1v) is 13.1. The third-order valence-electron chi connectivity index (χ3n) is 7.28. The van der Waals surface area contributed by atoms with Gasteiger partial charge in [0, 0.05) is 58.0 Å². The van der Waals surface area contributed by atoms with Gasteiger partial charge >= 0.3 is 0 Å². The molecule has 0 unspecified atom stereocenters. The van der Waals surface area contributed by atoms with Gasteiger partial charge in [0.2, 0.25) is 10.0 Å². The number of hydrogen-bond donors (Lipinski definition) is 0. The van der Waals surface area contributed by atoms with Crippen LogP contribution < -0.4 is 0 Å². The molecule has 0 N–H and O–H groups in total. The Morgan fingerprint density at radius 2 is 1.70 bits per heavy atom. The lowest BCUT2D eigenvalue weighted by atomic mass is 9.82. The van der Waals surface area contributed by atoms with Gasteiger partial charge in [0.15, 0.2) is 0 Å². The van der Waals surface area contributed by atoms with Crippen molar-refractivity contribution in [3.63, 3.8) is 0 Å². The highest BCUT2D eigenvalue weighted by Crippen LogP contribution is 2.38. The second-order valence-corrected chi connectivity index (χ2v) is 11.5. The molecular formula is C23H37N3O3S. The Labute approximate surface area is 182 Å². The number of piperazine rings is 1. The van der Waals surface area contributed by atoms with E-state index in [0.717, 1.165) is 64.0 Å². The number of piperidine rings is 1. The predicted molar refractivity (Wildman–Crippen MR) is 120 cm³/mol. The molecule has 0 aromatic heterocycles. The van der Waals surface area contributed by atoms with Crippen LogP contribution in [0.2, 0.25) is 0 Å². The summed E-state index contributed by atoms with van der Waals surface area (Å²) in [5.74, 6) is 0.0877. The van der Waals surface area contributed by atoms with Crippen molar-refractivity contribution in [1.29, 1.82) is 0 Å².